The molecule has 0 aromatic heterocycles. The van der Waals surface area contributed by atoms with E-state index in [1.165, 1.54) is 6.26 Å². The molecule has 0 spiro atoms. The summed E-state index contributed by atoms with van der Waals surface area (Å²) in [7, 11) is 0. The molecule has 0 fully saturated rings. The zero-order valence-electron chi connectivity index (χ0n) is 11.5. The highest BCUT2D eigenvalue weighted by molar-refractivity contribution is 5.78. The summed E-state index contributed by atoms with van der Waals surface area (Å²) in [6, 6.07) is 0. The summed E-state index contributed by atoms with van der Waals surface area (Å²) in [6.45, 7) is 8.79. The van der Waals surface area contributed by atoms with E-state index < -0.39 is 23.5 Å². The Bertz CT molecular complexity index is 362. The SMILES string of the molecule is CC(C)(C)OC(=O)CC1OC(C)(C)OC=C1C=O. The van der Waals surface area contributed by atoms with Crippen LogP contribution in [0.1, 0.15) is 41.0 Å². The van der Waals surface area contributed by atoms with Crippen LogP contribution in [-0.2, 0) is 23.8 Å². The van der Waals surface area contributed by atoms with E-state index in [-0.39, 0.29) is 6.42 Å². The van der Waals surface area contributed by atoms with E-state index in [1.807, 2.05) is 0 Å². The maximum absolute atomic E-state index is 11.7. The van der Waals surface area contributed by atoms with Crippen LogP contribution < -0.4 is 0 Å². The molecule has 1 unspecified atom stereocenters. The average Bonchev–Trinajstić information content (AvgIpc) is 2.13. The van der Waals surface area contributed by atoms with Gasteiger partial charge in [-0.1, -0.05) is 0 Å². The lowest BCUT2D eigenvalue weighted by Gasteiger charge is -2.34. The molecule has 0 aromatic rings. The molecule has 5 nitrogen and oxygen atoms in total. The largest absolute Gasteiger partial charge is 0.470 e. The third-order valence-corrected chi connectivity index (χ3v) is 2.18. The summed E-state index contributed by atoms with van der Waals surface area (Å²) < 4.78 is 16.0. The Morgan fingerprint density at radius 2 is 2.11 bits per heavy atom. The summed E-state index contributed by atoms with van der Waals surface area (Å²) in [5.74, 6) is -1.25. The van der Waals surface area contributed by atoms with Crippen LogP contribution in [0.15, 0.2) is 11.8 Å². The van der Waals surface area contributed by atoms with Gasteiger partial charge in [0, 0.05) is 13.8 Å². The van der Waals surface area contributed by atoms with Crippen molar-refractivity contribution in [3.63, 3.8) is 0 Å². The van der Waals surface area contributed by atoms with Gasteiger partial charge in [-0.15, -0.1) is 0 Å². The fraction of sp³-hybridized carbons (Fsp3) is 0.692. The van der Waals surface area contributed by atoms with E-state index in [0.717, 1.165) is 0 Å². The highest BCUT2D eigenvalue weighted by atomic mass is 16.7. The Morgan fingerprint density at radius 1 is 1.50 bits per heavy atom. The minimum Gasteiger partial charge on any atom is -0.470 e. The summed E-state index contributed by atoms with van der Waals surface area (Å²) in [4.78, 5) is 22.6. The molecular formula is C13H20O5. The van der Waals surface area contributed by atoms with E-state index in [0.29, 0.717) is 11.9 Å². The maximum Gasteiger partial charge on any atom is 0.309 e. The van der Waals surface area contributed by atoms with Crippen LogP contribution in [0.5, 0.6) is 0 Å². The first-order valence-corrected chi connectivity index (χ1v) is 5.86. The second kappa shape index (κ2) is 5.10. The fourth-order valence-corrected chi connectivity index (χ4v) is 1.52. The Morgan fingerprint density at radius 3 is 2.61 bits per heavy atom. The predicted octanol–water partition coefficient (Wildman–Crippen LogP) is 1.95. The van der Waals surface area contributed by atoms with Gasteiger partial charge in [0.25, 0.3) is 0 Å². The van der Waals surface area contributed by atoms with Crippen molar-refractivity contribution in [2.75, 3.05) is 0 Å². The lowest BCUT2D eigenvalue weighted by atomic mass is 10.1. The van der Waals surface area contributed by atoms with Crippen molar-refractivity contribution in [3.05, 3.63) is 11.8 Å². The van der Waals surface area contributed by atoms with Gasteiger partial charge in [0.15, 0.2) is 6.29 Å². The lowest BCUT2D eigenvalue weighted by Crippen LogP contribution is -2.39. The quantitative estimate of drug-likeness (QED) is 0.570. The standard InChI is InChI=1S/C13H20O5/c1-12(2,3)18-11(15)6-10-9(7-14)8-16-13(4,5)17-10/h7-8,10H,6H2,1-5H3. The summed E-state index contributed by atoms with van der Waals surface area (Å²) >= 11 is 0. The molecule has 0 amide bonds. The summed E-state index contributed by atoms with van der Waals surface area (Å²) in [6.07, 6.45) is 1.34. The molecule has 102 valence electrons. The number of hydrogen-bond acceptors (Lipinski definition) is 5. The van der Waals surface area contributed by atoms with Gasteiger partial charge in [-0.05, 0) is 20.8 Å². The molecule has 0 aliphatic carbocycles. The number of esters is 1. The van der Waals surface area contributed by atoms with Crippen molar-refractivity contribution < 1.29 is 23.8 Å². The van der Waals surface area contributed by atoms with E-state index in [2.05, 4.69) is 0 Å². The number of carbonyl (C=O) groups is 2. The highest BCUT2D eigenvalue weighted by Crippen LogP contribution is 2.26. The molecule has 0 radical (unpaired) electrons. The third kappa shape index (κ3) is 4.49. The second-order valence-corrected chi connectivity index (χ2v) is 5.65. The molecule has 1 heterocycles. The number of aldehydes is 1. The number of carbonyl (C=O) groups excluding carboxylic acids is 2. The Kier molecular flexibility index (Phi) is 4.16. The van der Waals surface area contributed by atoms with Crippen LogP contribution >= 0.6 is 0 Å². The van der Waals surface area contributed by atoms with Gasteiger partial charge in [-0.3, -0.25) is 9.59 Å². The van der Waals surface area contributed by atoms with E-state index in [4.69, 9.17) is 14.2 Å². The van der Waals surface area contributed by atoms with Crippen LogP contribution in [0, 0.1) is 0 Å². The molecule has 0 N–H and O–H groups in total. The Balaban J connectivity index is 2.70. The van der Waals surface area contributed by atoms with Gasteiger partial charge < -0.3 is 14.2 Å². The number of rotatable bonds is 3. The first kappa shape index (κ1) is 14.7. The normalized spacial score (nSPS) is 22.7. The second-order valence-electron chi connectivity index (χ2n) is 5.65. The summed E-state index contributed by atoms with van der Waals surface area (Å²) in [5, 5.41) is 0. The van der Waals surface area contributed by atoms with Gasteiger partial charge in [-0.25, -0.2) is 0 Å². The van der Waals surface area contributed by atoms with Crippen molar-refractivity contribution in [2.45, 2.75) is 58.5 Å². The van der Waals surface area contributed by atoms with E-state index >= 15 is 0 Å². The van der Waals surface area contributed by atoms with Gasteiger partial charge >= 0.3 is 5.97 Å². The molecule has 1 aliphatic heterocycles. The van der Waals surface area contributed by atoms with Gasteiger partial charge in [0.2, 0.25) is 5.79 Å². The van der Waals surface area contributed by atoms with Crippen LogP contribution in [0.3, 0.4) is 0 Å². The topological polar surface area (TPSA) is 61.8 Å². The van der Waals surface area contributed by atoms with Crippen molar-refractivity contribution >= 4 is 12.3 Å². The van der Waals surface area contributed by atoms with Crippen molar-refractivity contribution in [1.82, 2.24) is 0 Å². The molecule has 0 aromatic carbocycles. The molecule has 1 aliphatic rings. The van der Waals surface area contributed by atoms with Gasteiger partial charge in [0.05, 0.1) is 18.3 Å². The van der Waals surface area contributed by atoms with Crippen LogP contribution in [0.2, 0.25) is 0 Å². The zero-order chi connectivity index (χ0) is 14.0. The molecular weight excluding hydrogens is 236 g/mol. The van der Waals surface area contributed by atoms with E-state index in [1.54, 1.807) is 34.6 Å². The zero-order valence-corrected chi connectivity index (χ0v) is 11.5. The molecule has 0 saturated heterocycles. The predicted molar refractivity (Wildman–Crippen MR) is 64.6 cm³/mol. The molecule has 5 heteroatoms. The van der Waals surface area contributed by atoms with Gasteiger partial charge in [0.1, 0.15) is 11.7 Å². The Hall–Kier alpha value is -1.36. The maximum atomic E-state index is 11.7. The molecule has 0 bridgehead atoms. The molecule has 0 saturated carbocycles. The smallest absolute Gasteiger partial charge is 0.309 e. The summed E-state index contributed by atoms with van der Waals surface area (Å²) in [5.41, 5.74) is -0.247. The average molecular weight is 256 g/mol. The van der Waals surface area contributed by atoms with Crippen molar-refractivity contribution in [3.8, 4) is 0 Å². The third-order valence-electron chi connectivity index (χ3n) is 2.18. The molecule has 1 rings (SSSR count). The fourth-order valence-electron chi connectivity index (χ4n) is 1.52. The minimum atomic E-state index is -0.848. The molecule has 1 atom stereocenters. The lowest BCUT2D eigenvalue weighted by molar-refractivity contribution is -0.219. The highest BCUT2D eigenvalue weighted by Gasteiger charge is 2.34. The van der Waals surface area contributed by atoms with Crippen molar-refractivity contribution in [2.24, 2.45) is 0 Å². The monoisotopic (exact) mass is 256 g/mol. The minimum absolute atomic E-state index is 0.00532. The van der Waals surface area contributed by atoms with Crippen LogP contribution in [0.25, 0.3) is 0 Å². The van der Waals surface area contributed by atoms with Crippen molar-refractivity contribution in [1.29, 1.82) is 0 Å². The van der Waals surface area contributed by atoms with Crippen LogP contribution in [0.4, 0.5) is 0 Å². The number of hydrogen-bond donors (Lipinski definition) is 0. The van der Waals surface area contributed by atoms with Crippen LogP contribution in [-0.4, -0.2) is 29.7 Å². The number of ether oxygens (including phenoxy) is 3. The first-order valence-electron chi connectivity index (χ1n) is 5.86. The molecule has 18 heavy (non-hydrogen) atoms. The van der Waals surface area contributed by atoms with E-state index in [9.17, 15) is 9.59 Å². The first-order chi connectivity index (χ1) is 8.13. The Labute approximate surface area is 107 Å². The van der Waals surface area contributed by atoms with Gasteiger partial charge in [-0.2, -0.15) is 0 Å².